The lowest BCUT2D eigenvalue weighted by Crippen LogP contribution is -2.38. The molecule has 0 radical (unpaired) electrons. The first kappa shape index (κ1) is 14.3. The van der Waals surface area contributed by atoms with E-state index in [4.69, 9.17) is 10.5 Å². The van der Waals surface area contributed by atoms with Gasteiger partial charge in [0.1, 0.15) is 5.75 Å². The summed E-state index contributed by atoms with van der Waals surface area (Å²) in [7, 11) is 1.66. The fourth-order valence-electron chi connectivity index (χ4n) is 2.44. The number of hydrogen-bond acceptors (Lipinski definition) is 3. The van der Waals surface area contributed by atoms with E-state index >= 15 is 0 Å². The van der Waals surface area contributed by atoms with Crippen molar-refractivity contribution in [2.24, 2.45) is 11.7 Å². The predicted molar refractivity (Wildman–Crippen MR) is 77.9 cm³/mol. The summed E-state index contributed by atoms with van der Waals surface area (Å²) in [6, 6.07) is 6.12. The van der Waals surface area contributed by atoms with Crippen molar-refractivity contribution in [1.29, 1.82) is 0 Å². The highest BCUT2D eigenvalue weighted by atomic mass is 79.9. The molecule has 0 bridgehead atoms. The van der Waals surface area contributed by atoms with Crippen LogP contribution >= 0.6 is 15.9 Å². The molecule has 0 spiro atoms. The largest absolute Gasteiger partial charge is 0.496 e. The van der Waals surface area contributed by atoms with Gasteiger partial charge in [0, 0.05) is 12.5 Å². The molecule has 5 heteroatoms. The molecule has 0 aliphatic carbocycles. The van der Waals surface area contributed by atoms with Crippen molar-refractivity contribution in [3.05, 3.63) is 28.2 Å². The van der Waals surface area contributed by atoms with E-state index in [9.17, 15) is 4.79 Å². The van der Waals surface area contributed by atoms with Gasteiger partial charge in [-0.05, 0) is 59.6 Å². The van der Waals surface area contributed by atoms with E-state index in [2.05, 4.69) is 33.0 Å². The number of nitrogens with zero attached hydrogens (tertiary/aromatic N) is 1. The first-order valence-electron chi connectivity index (χ1n) is 6.44. The molecule has 2 N–H and O–H groups in total. The third-order valence-electron chi connectivity index (χ3n) is 3.61. The number of rotatable bonds is 4. The lowest BCUT2D eigenvalue weighted by molar-refractivity contribution is -0.123. The van der Waals surface area contributed by atoms with Gasteiger partial charge >= 0.3 is 0 Å². The third kappa shape index (κ3) is 3.70. The van der Waals surface area contributed by atoms with Gasteiger partial charge in [-0.1, -0.05) is 6.07 Å². The molecule has 1 aliphatic rings. The Hall–Kier alpha value is -1.07. The number of methoxy groups -OCH3 is 1. The summed E-state index contributed by atoms with van der Waals surface area (Å²) in [5, 5.41) is 0. The molecule has 1 aromatic rings. The Morgan fingerprint density at radius 2 is 2.16 bits per heavy atom. The van der Waals surface area contributed by atoms with Crippen LogP contribution in [0.1, 0.15) is 18.4 Å². The standard InChI is InChI=1S/C14H19BrN2O2/c1-19-13-3-2-10(8-12(13)15)9-17-6-4-11(5-7-17)14(16)18/h2-3,8,11H,4-7,9H2,1H3,(H2,16,18). The van der Waals surface area contributed by atoms with Gasteiger partial charge in [0.15, 0.2) is 0 Å². The summed E-state index contributed by atoms with van der Waals surface area (Å²) < 4.78 is 6.19. The van der Waals surface area contributed by atoms with Gasteiger partial charge in [0.05, 0.1) is 11.6 Å². The van der Waals surface area contributed by atoms with Crippen molar-refractivity contribution < 1.29 is 9.53 Å². The fourth-order valence-corrected chi connectivity index (χ4v) is 3.03. The monoisotopic (exact) mass is 326 g/mol. The van der Waals surface area contributed by atoms with E-state index in [0.717, 1.165) is 42.7 Å². The molecular formula is C14H19BrN2O2. The van der Waals surface area contributed by atoms with Crippen LogP contribution in [0.25, 0.3) is 0 Å². The SMILES string of the molecule is COc1ccc(CN2CCC(C(N)=O)CC2)cc1Br. The number of halogens is 1. The molecule has 0 unspecified atom stereocenters. The maximum Gasteiger partial charge on any atom is 0.220 e. The minimum absolute atomic E-state index is 0.0545. The highest BCUT2D eigenvalue weighted by molar-refractivity contribution is 9.10. The Morgan fingerprint density at radius 3 is 2.68 bits per heavy atom. The molecule has 2 rings (SSSR count). The van der Waals surface area contributed by atoms with Gasteiger partial charge in [-0.25, -0.2) is 0 Å². The zero-order chi connectivity index (χ0) is 13.8. The number of ether oxygens (including phenoxy) is 1. The Morgan fingerprint density at radius 1 is 1.47 bits per heavy atom. The fraction of sp³-hybridized carbons (Fsp3) is 0.500. The molecule has 1 saturated heterocycles. The lowest BCUT2D eigenvalue weighted by Gasteiger charge is -2.30. The zero-order valence-electron chi connectivity index (χ0n) is 11.1. The van der Waals surface area contributed by atoms with Gasteiger partial charge in [0.25, 0.3) is 0 Å². The van der Waals surface area contributed by atoms with Gasteiger partial charge in [-0.15, -0.1) is 0 Å². The van der Waals surface area contributed by atoms with E-state index in [1.807, 2.05) is 6.07 Å². The van der Waals surface area contributed by atoms with Crippen molar-refractivity contribution in [2.75, 3.05) is 20.2 Å². The van der Waals surface area contributed by atoms with Gasteiger partial charge in [-0.3, -0.25) is 9.69 Å². The van der Waals surface area contributed by atoms with Crippen LogP contribution in [0.2, 0.25) is 0 Å². The lowest BCUT2D eigenvalue weighted by atomic mass is 9.96. The number of amides is 1. The van der Waals surface area contributed by atoms with Crippen molar-refractivity contribution in [2.45, 2.75) is 19.4 Å². The van der Waals surface area contributed by atoms with E-state index in [1.54, 1.807) is 7.11 Å². The molecule has 1 amide bonds. The van der Waals surface area contributed by atoms with E-state index < -0.39 is 0 Å². The third-order valence-corrected chi connectivity index (χ3v) is 4.23. The number of piperidine rings is 1. The van der Waals surface area contributed by atoms with Crippen molar-refractivity contribution in [1.82, 2.24) is 4.90 Å². The summed E-state index contributed by atoms with van der Waals surface area (Å²) in [5.74, 6) is 0.738. The van der Waals surface area contributed by atoms with Gasteiger partial charge in [0.2, 0.25) is 5.91 Å². The van der Waals surface area contributed by atoms with Crippen LogP contribution in [-0.4, -0.2) is 31.0 Å². The molecule has 0 aromatic heterocycles. The maximum atomic E-state index is 11.1. The summed E-state index contributed by atoms with van der Waals surface area (Å²) in [4.78, 5) is 13.5. The highest BCUT2D eigenvalue weighted by Gasteiger charge is 2.22. The summed E-state index contributed by atoms with van der Waals surface area (Å²) in [6.07, 6.45) is 1.74. The Kier molecular flexibility index (Phi) is 4.82. The first-order valence-corrected chi connectivity index (χ1v) is 7.23. The molecule has 19 heavy (non-hydrogen) atoms. The van der Waals surface area contributed by atoms with Crippen LogP contribution in [0.5, 0.6) is 5.75 Å². The number of likely N-dealkylation sites (tertiary alicyclic amines) is 1. The summed E-state index contributed by atoms with van der Waals surface area (Å²) in [5.41, 5.74) is 6.58. The normalized spacial score (nSPS) is 17.4. The average molecular weight is 327 g/mol. The van der Waals surface area contributed by atoms with Gasteiger partial charge in [-0.2, -0.15) is 0 Å². The number of hydrogen-bond donors (Lipinski definition) is 1. The molecule has 1 fully saturated rings. The van der Waals surface area contributed by atoms with Crippen LogP contribution in [-0.2, 0) is 11.3 Å². The molecule has 0 atom stereocenters. The quantitative estimate of drug-likeness (QED) is 0.922. The van der Waals surface area contributed by atoms with Crippen LogP contribution in [0.15, 0.2) is 22.7 Å². The highest BCUT2D eigenvalue weighted by Crippen LogP contribution is 2.27. The van der Waals surface area contributed by atoms with Crippen LogP contribution in [0.3, 0.4) is 0 Å². The number of benzene rings is 1. The molecule has 0 saturated carbocycles. The molecule has 4 nitrogen and oxygen atoms in total. The first-order chi connectivity index (χ1) is 9.10. The molecule has 104 valence electrons. The van der Waals surface area contributed by atoms with Gasteiger partial charge < -0.3 is 10.5 Å². The van der Waals surface area contributed by atoms with Crippen molar-refractivity contribution in [3.8, 4) is 5.75 Å². The molecule has 1 aromatic carbocycles. The number of primary amides is 1. The average Bonchev–Trinajstić information content (AvgIpc) is 2.39. The van der Waals surface area contributed by atoms with Crippen molar-refractivity contribution >= 4 is 21.8 Å². The summed E-state index contributed by atoms with van der Waals surface area (Å²) in [6.45, 7) is 2.75. The minimum atomic E-state index is -0.160. The number of nitrogens with two attached hydrogens (primary N) is 1. The molecular weight excluding hydrogens is 308 g/mol. The second kappa shape index (κ2) is 6.39. The minimum Gasteiger partial charge on any atom is -0.496 e. The summed E-state index contributed by atoms with van der Waals surface area (Å²) >= 11 is 3.50. The Labute approximate surface area is 122 Å². The topological polar surface area (TPSA) is 55.6 Å². The van der Waals surface area contributed by atoms with E-state index in [0.29, 0.717) is 0 Å². The van der Waals surface area contributed by atoms with Crippen LogP contribution < -0.4 is 10.5 Å². The number of carbonyl (C=O) groups is 1. The molecule has 1 heterocycles. The predicted octanol–water partition coefficient (Wildman–Crippen LogP) is 2.15. The van der Waals surface area contributed by atoms with Crippen LogP contribution in [0, 0.1) is 5.92 Å². The Bertz CT molecular complexity index is 457. The van der Waals surface area contributed by atoms with Crippen molar-refractivity contribution in [3.63, 3.8) is 0 Å². The Balaban J connectivity index is 1.92. The zero-order valence-corrected chi connectivity index (χ0v) is 12.6. The second-order valence-corrected chi connectivity index (χ2v) is 5.78. The smallest absolute Gasteiger partial charge is 0.220 e. The van der Waals surface area contributed by atoms with E-state index in [1.165, 1.54) is 5.56 Å². The van der Waals surface area contributed by atoms with E-state index in [-0.39, 0.29) is 11.8 Å². The number of carbonyl (C=O) groups excluding carboxylic acids is 1. The van der Waals surface area contributed by atoms with Crippen LogP contribution in [0.4, 0.5) is 0 Å². The maximum absolute atomic E-state index is 11.1. The molecule has 1 aliphatic heterocycles. The second-order valence-electron chi connectivity index (χ2n) is 4.92.